The van der Waals surface area contributed by atoms with Crippen molar-refractivity contribution >= 4 is 5.91 Å². The minimum atomic E-state index is -0.0137. The van der Waals surface area contributed by atoms with Crippen LogP contribution >= 0.6 is 0 Å². The van der Waals surface area contributed by atoms with Gasteiger partial charge in [-0.2, -0.15) is 0 Å². The van der Waals surface area contributed by atoms with E-state index < -0.39 is 0 Å². The maximum atomic E-state index is 11.9. The highest BCUT2D eigenvalue weighted by atomic mass is 16.2. The molecule has 2 aliphatic rings. The van der Waals surface area contributed by atoms with Gasteiger partial charge >= 0.3 is 0 Å². The summed E-state index contributed by atoms with van der Waals surface area (Å²) in [5, 5.41) is 6.36. The molecule has 1 heterocycles. The zero-order valence-electron chi connectivity index (χ0n) is 10.2. The first-order valence-corrected chi connectivity index (χ1v) is 6.45. The minimum absolute atomic E-state index is 0.0137. The molecule has 0 spiro atoms. The molecule has 4 nitrogen and oxygen atoms in total. The minimum Gasteiger partial charge on any atom is -0.354 e. The number of amides is 1. The second kappa shape index (κ2) is 5.64. The van der Waals surface area contributed by atoms with E-state index >= 15 is 0 Å². The summed E-state index contributed by atoms with van der Waals surface area (Å²) < 4.78 is 0. The molecule has 2 N–H and O–H groups in total. The van der Waals surface area contributed by atoms with E-state index in [1.807, 2.05) is 0 Å². The predicted molar refractivity (Wildman–Crippen MR) is 64.3 cm³/mol. The Morgan fingerprint density at radius 2 is 2.19 bits per heavy atom. The maximum Gasteiger partial charge on any atom is 0.238 e. The van der Waals surface area contributed by atoms with Gasteiger partial charge in [0.05, 0.1) is 6.04 Å². The van der Waals surface area contributed by atoms with Gasteiger partial charge in [-0.3, -0.25) is 4.79 Å². The van der Waals surface area contributed by atoms with Crippen molar-refractivity contribution in [3.05, 3.63) is 0 Å². The molecule has 1 aliphatic heterocycles. The average molecular weight is 225 g/mol. The van der Waals surface area contributed by atoms with Gasteiger partial charge in [0.25, 0.3) is 0 Å². The first kappa shape index (κ1) is 11.9. The summed E-state index contributed by atoms with van der Waals surface area (Å²) in [6.45, 7) is 3.65. The third-order valence-electron chi connectivity index (χ3n) is 3.73. The highest BCUT2D eigenvalue weighted by Crippen LogP contribution is 2.23. The number of rotatable bonds is 3. The van der Waals surface area contributed by atoms with Crippen molar-refractivity contribution in [3.63, 3.8) is 0 Å². The molecule has 92 valence electrons. The van der Waals surface area contributed by atoms with Crippen LogP contribution in [-0.2, 0) is 4.79 Å². The van der Waals surface area contributed by atoms with Crippen LogP contribution in [-0.4, -0.2) is 50.1 Å². The van der Waals surface area contributed by atoms with E-state index in [0.29, 0.717) is 0 Å². The van der Waals surface area contributed by atoms with Crippen molar-refractivity contribution in [2.24, 2.45) is 5.92 Å². The molecule has 2 rings (SSSR count). The zero-order chi connectivity index (χ0) is 11.4. The third-order valence-corrected chi connectivity index (χ3v) is 3.73. The lowest BCUT2D eigenvalue weighted by Crippen LogP contribution is -2.56. The smallest absolute Gasteiger partial charge is 0.238 e. The van der Waals surface area contributed by atoms with Gasteiger partial charge in [0.15, 0.2) is 0 Å². The molecule has 0 aromatic heterocycles. The Morgan fingerprint density at radius 3 is 2.88 bits per heavy atom. The van der Waals surface area contributed by atoms with Crippen molar-refractivity contribution in [3.8, 4) is 0 Å². The summed E-state index contributed by atoms with van der Waals surface area (Å²) in [6, 6.07) is -0.0137. The van der Waals surface area contributed by atoms with Crippen molar-refractivity contribution in [2.45, 2.75) is 31.7 Å². The lowest BCUT2D eigenvalue weighted by Gasteiger charge is -2.30. The highest BCUT2D eigenvalue weighted by Gasteiger charge is 2.24. The molecule has 0 aromatic rings. The van der Waals surface area contributed by atoms with Crippen LogP contribution in [0.2, 0.25) is 0 Å². The number of nitrogens with one attached hydrogen (secondary N) is 2. The SMILES string of the molecule is CN1CCNC(C(=O)NCC2CCCC2)C1. The number of hydrogen-bond donors (Lipinski definition) is 2. The summed E-state index contributed by atoms with van der Waals surface area (Å²) in [4.78, 5) is 14.1. The Labute approximate surface area is 97.8 Å². The standard InChI is InChI=1S/C12H23N3O/c1-15-7-6-13-11(9-15)12(16)14-8-10-4-2-3-5-10/h10-11,13H,2-9H2,1H3,(H,14,16). The summed E-state index contributed by atoms with van der Waals surface area (Å²) >= 11 is 0. The van der Waals surface area contributed by atoms with E-state index in [2.05, 4.69) is 22.6 Å². The highest BCUT2D eigenvalue weighted by molar-refractivity contribution is 5.82. The first-order chi connectivity index (χ1) is 7.75. The van der Waals surface area contributed by atoms with Crippen LogP contribution in [0.15, 0.2) is 0 Å². The van der Waals surface area contributed by atoms with E-state index in [4.69, 9.17) is 0 Å². The van der Waals surface area contributed by atoms with Crippen LogP contribution in [0.5, 0.6) is 0 Å². The van der Waals surface area contributed by atoms with E-state index in [1.165, 1.54) is 25.7 Å². The van der Waals surface area contributed by atoms with Crippen LogP contribution < -0.4 is 10.6 Å². The molecule has 1 amide bonds. The Kier molecular flexibility index (Phi) is 4.18. The molecular formula is C12H23N3O. The molecule has 0 aromatic carbocycles. The van der Waals surface area contributed by atoms with Gasteiger partial charge < -0.3 is 15.5 Å². The van der Waals surface area contributed by atoms with Crippen LogP contribution in [0.3, 0.4) is 0 Å². The van der Waals surface area contributed by atoms with E-state index in [-0.39, 0.29) is 11.9 Å². The van der Waals surface area contributed by atoms with E-state index in [1.54, 1.807) is 0 Å². The van der Waals surface area contributed by atoms with Gasteiger partial charge in [0, 0.05) is 26.2 Å². The molecule has 4 heteroatoms. The van der Waals surface area contributed by atoms with E-state index in [0.717, 1.165) is 32.1 Å². The van der Waals surface area contributed by atoms with Crippen LogP contribution in [0.1, 0.15) is 25.7 Å². The fraction of sp³-hybridized carbons (Fsp3) is 0.917. The predicted octanol–water partition coefficient (Wildman–Crippen LogP) is 0.196. The fourth-order valence-corrected chi connectivity index (χ4v) is 2.66. The Bertz CT molecular complexity index is 238. The van der Waals surface area contributed by atoms with Crippen LogP contribution in [0.4, 0.5) is 0 Å². The molecule has 2 fully saturated rings. The number of likely N-dealkylation sites (N-methyl/N-ethyl adjacent to an activating group) is 1. The summed E-state index contributed by atoms with van der Waals surface area (Å²) in [6.07, 6.45) is 5.26. The summed E-state index contributed by atoms with van der Waals surface area (Å²) in [5.74, 6) is 0.906. The summed E-state index contributed by atoms with van der Waals surface area (Å²) in [5.41, 5.74) is 0. The molecule has 0 bridgehead atoms. The molecule has 1 atom stereocenters. The normalized spacial score (nSPS) is 28.2. The molecular weight excluding hydrogens is 202 g/mol. The molecule has 0 radical (unpaired) electrons. The fourth-order valence-electron chi connectivity index (χ4n) is 2.66. The Balaban J connectivity index is 1.70. The zero-order valence-corrected chi connectivity index (χ0v) is 10.2. The lowest BCUT2D eigenvalue weighted by molar-refractivity contribution is -0.124. The molecule has 1 saturated heterocycles. The topological polar surface area (TPSA) is 44.4 Å². The Morgan fingerprint density at radius 1 is 1.44 bits per heavy atom. The van der Waals surface area contributed by atoms with E-state index in [9.17, 15) is 4.79 Å². The molecule has 1 aliphatic carbocycles. The van der Waals surface area contributed by atoms with Crippen molar-refractivity contribution < 1.29 is 4.79 Å². The second-order valence-electron chi connectivity index (χ2n) is 5.16. The lowest BCUT2D eigenvalue weighted by atomic mass is 10.1. The number of hydrogen-bond acceptors (Lipinski definition) is 3. The van der Waals surface area contributed by atoms with Gasteiger partial charge in [0.2, 0.25) is 5.91 Å². The monoisotopic (exact) mass is 225 g/mol. The second-order valence-corrected chi connectivity index (χ2v) is 5.16. The van der Waals surface area contributed by atoms with Gasteiger partial charge in [0.1, 0.15) is 0 Å². The molecule has 16 heavy (non-hydrogen) atoms. The number of nitrogens with zero attached hydrogens (tertiary/aromatic N) is 1. The van der Waals surface area contributed by atoms with Gasteiger partial charge in [-0.15, -0.1) is 0 Å². The van der Waals surface area contributed by atoms with Gasteiger partial charge in [-0.05, 0) is 25.8 Å². The van der Waals surface area contributed by atoms with Crippen LogP contribution in [0, 0.1) is 5.92 Å². The largest absolute Gasteiger partial charge is 0.354 e. The van der Waals surface area contributed by atoms with Gasteiger partial charge in [-0.1, -0.05) is 12.8 Å². The summed E-state index contributed by atoms with van der Waals surface area (Å²) in [7, 11) is 2.07. The van der Waals surface area contributed by atoms with Crippen molar-refractivity contribution in [1.82, 2.24) is 15.5 Å². The van der Waals surface area contributed by atoms with Crippen LogP contribution in [0.25, 0.3) is 0 Å². The maximum absolute atomic E-state index is 11.9. The molecule has 1 unspecified atom stereocenters. The van der Waals surface area contributed by atoms with Crippen molar-refractivity contribution in [1.29, 1.82) is 0 Å². The number of carbonyl (C=O) groups excluding carboxylic acids is 1. The first-order valence-electron chi connectivity index (χ1n) is 6.45. The molecule has 1 saturated carbocycles. The number of piperazine rings is 1. The Hall–Kier alpha value is -0.610. The quantitative estimate of drug-likeness (QED) is 0.721. The van der Waals surface area contributed by atoms with Gasteiger partial charge in [-0.25, -0.2) is 0 Å². The van der Waals surface area contributed by atoms with Crippen molar-refractivity contribution in [2.75, 3.05) is 33.2 Å². The third kappa shape index (κ3) is 3.19. The average Bonchev–Trinajstić information content (AvgIpc) is 2.78. The number of carbonyl (C=O) groups is 1.